The minimum Gasteiger partial charge on any atom is -0.475 e. The standard InChI is InChI=1S/C22H32N6O3S.C2HF3O2/c1-17-26-20(15-28(17)3)32(30,31)16-23-11-4-5-21(29)27(2)14-10-18-6-8-19(9-7-18)22-24-12-13-25-22;3-2(4,5)1(6)7/h6-9,15,23H,4-5,10-14,16H2,1-3H3,(H,24,25);(H,6,7). The first-order valence-electron chi connectivity index (χ1n) is 12.1. The lowest BCUT2D eigenvalue weighted by atomic mass is 10.1. The number of sulfone groups is 1. The van der Waals surface area contributed by atoms with E-state index in [1.165, 1.54) is 11.8 Å². The lowest BCUT2D eigenvalue weighted by molar-refractivity contribution is -0.192. The minimum atomic E-state index is -5.08. The van der Waals surface area contributed by atoms with Gasteiger partial charge in [-0.2, -0.15) is 13.2 Å². The number of carboxylic acid groups (broad SMARTS) is 1. The molecule has 3 N–H and O–H groups in total. The molecular weight excluding hydrogens is 541 g/mol. The summed E-state index contributed by atoms with van der Waals surface area (Å²) in [6, 6.07) is 8.26. The lowest BCUT2D eigenvalue weighted by Gasteiger charge is -2.17. The van der Waals surface area contributed by atoms with Crippen LogP contribution in [-0.2, 0) is 32.9 Å². The predicted molar refractivity (Wildman–Crippen MR) is 138 cm³/mol. The molecule has 1 aromatic heterocycles. The van der Waals surface area contributed by atoms with Crippen molar-refractivity contribution >= 4 is 27.5 Å². The molecule has 0 spiro atoms. The van der Waals surface area contributed by atoms with Gasteiger partial charge >= 0.3 is 12.1 Å². The number of nitrogens with zero attached hydrogens (tertiary/aromatic N) is 4. The van der Waals surface area contributed by atoms with E-state index in [1.54, 1.807) is 30.5 Å². The van der Waals surface area contributed by atoms with E-state index in [2.05, 4.69) is 44.9 Å². The third-order valence-corrected chi connectivity index (χ3v) is 7.17. The van der Waals surface area contributed by atoms with E-state index in [1.807, 2.05) is 0 Å². The number of aryl methyl sites for hydroxylation is 2. The Kier molecular flexibility index (Phi) is 11.5. The van der Waals surface area contributed by atoms with Crippen LogP contribution in [-0.4, -0.2) is 91.0 Å². The Balaban J connectivity index is 0.000000673. The van der Waals surface area contributed by atoms with Gasteiger partial charge < -0.3 is 25.2 Å². The lowest BCUT2D eigenvalue weighted by Crippen LogP contribution is -2.30. The molecule has 0 bridgehead atoms. The third-order valence-electron chi connectivity index (χ3n) is 5.75. The normalized spacial score (nSPS) is 13.2. The van der Waals surface area contributed by atoms with Gasteiger partial charge in [0.05, 0.1) is 6.54 Å². The Morgan fingerprint density at radius 1 is 1.23 bits per heavy atom. The first-order chi connectivity index (χ1) is 18.2. The largest absolute Gasteiger partial charge is 0.490 e. The average molecular weight is 575 g/mol. The predicted octanol–water partition coefficient (Wildman–Crippen LogP) is 1.51. The zero-order chi connectivity index (χ0) is 29.2. The number of amides is 1. The highest BCUT2D eigenvalue weighted by Crippen LogP contribution is 2.13. The summed E-state index contributed by atoms with van der Waals surface area (Å²) in [6.45, 7) is 4.55. The molecule has 11 nitrogen and oxygen atoms in total. The van der Waals surface area contributed by atoms with Gasteiger partial charge in [0, 0.05) is 45.4 Å². The van der Waals surface area contributed by atoms with Crippen LogP contribution in [0.4, 0.5) is 13.2 Å². The highest BCUT2D eigenvalue weighted by Gasteiger charge is 2.38. The number of imidazole rings is 1. The van der Waals surface area contributed by atoms with E-state index in [0.717, 1.165) is 30.9 Å². The molecule has 1 aliphatic heterocycles. The molecular formula is C24H33F3N6O5S. The number of carbonyl (C=O) groups is 2. The maximum absolute atomic E-state index is 12.4. The number of benzene rings is 1. The molecule has 0 fully saturated rings. The summed E-state index contributed by atoms with van der Waals surface area (Å²) < 4.78 is 58.0. The zero-order valence-corrected chi connectivity index (χ0v) is 22.8. The summed E-state index contributed by atoms with van der Waals surface area (Å²) in [6.07, 6.45) is -1.85. The molecule has 15 heteroatoms. The Morgan fingerprint density at radius 3 is 2.38 bits per heavy atom. The van der Waals surface area contributed by atoms with Crippen LogP contribution in [0.25, 0.3) is 0 Å². The summed E-state index contributed by atoms with van der Waals surface area (Å²) >= 11 is 0. The maximum Gasteiger partial charge on any atom is 0.490 e. The fourth-order valence-corrected chi connectivity index (χ4v) is 4.50. The van der Waals surface area contributed by atoms with Crippen molar-refractivity contribution in [3.8, 4) is 0 Å². The Labute approximate surface area is 225 Å². The summed E-state index contributed by atoms with van der Waals surface area (Å²) in [5.41, 5.74) is 2.26. The fourth-order valence-electron chi connectivity index (χ4n) is 3.35. The van der Waals surface area contributed by atoms with Gasteiger partial charge in [-0.15, -0.1) is 0 Å². The molecule has 0 unspecified atom stereocenters. The van der Waals surface area contributed by atoms with Gasteiger partial charge in [-0.3, -0.25) is 9.79 Å². The van der Waals surface area contributed by atoms with E-state index in [0.29, 0.717) is 31.8 Å². The zero-order valence-electron chi connectivity index (χ0n) is 22.0. The van der Waals surface area contributed by atoms with Gasteiger partial charge in [-0.25, -0.2) is 18.2 Å². The van der Waals surface area contributed by atoms with Crippen LogP contribution in [0.2, 0.25) is 0 Å². The number of aromatic nitrogens is 2. The van der Waals surface area contributed by atoms with Crippen molar-refractivity contribution in [3.63, 3.8) is 0 Å². The third kappa shape index (κ3) is 10.3. The number of hydrogen-bond donors (Lipinski definition) is 3. The van der Waals surface area contributed by atoms with Gasteiger partial charge in [-0.05, 0) is 31.9 Å². The van der Waals surface area contributed by atoms with E-state index in [4.69, 9.17) is 9.90 Å². The van der Waals surface area contributed by atoms with E-state index < -0.39 is 22.0 Å². The molecule has 2 aromatic rings. The number of aliphatic carboxylic acids is 1. The number of aliphatic imine (C=N–C) groups is 1. The number of alkyl halides is 3. The van der Waals surface area contributed by atoms with Crippen molar-refractivity contribution in [2.24, 2.45) is 12.0 Å². The average Bonchev–Trinajstić information content (AvgIpc) is 3.53. The molecule has 3 rings (SSSR count). The van der Waals surface area contributed by atoms with Crippen molar-refractivity contribution in [1.29, 1.82) is 0 Å². The van der Waals surface area contributed by atoms with Crippen molar-refractivity contribution in [2.45, 2.75) is 37.4 Å². The van der Waals surface area contributed by atoms with E-state index in [-0.39, 0.29) is 16.8 Å². The van der Waals surface area contributed by atoms with Gasteiger partial charge in [0.15, 0.2) is 5.03 Å². The van der Waals surface area contributed by atoms with Gasteiger partial charge in [0.1, 0.15) is 17.5 Å². The number of carbonyl (C=O) groups excluding carboxylic acids is 1. The van der Waals surface area contributed by atoms with Crippen LogP contribution in [0.5, 0.6) is 0 Å². The number of likely N-dealkylation sites (N-methyl/N-ethyl adjacent to an activating group) is 1. The summed E-state index contributed by atoms with van der Waals surface area (Å²) in [7, 11) is 0.0832. The minimum absolute atomic E-state index is 0.0520. The van der Waals surface area contributed by atoms with Crippen molar-refractivity contribution in [1.82, 2.24) is 25.1 Å². The number of amidine groups is 1. The van der Waals surface area contributed by atoms with Crippen LogP contribution in [0, 0.1) is 6.92 Å². The number of hydrogen-bond acceptors (Lipinski definition) is 8. The molecule has 1 aromatic carbocycles. The molecule has 2 heterocycles. The number of nitrogens with one attached hydrogen (secondary N) is 2. The highest BCUT2D eigenvalue weighted by molar-refractivity contribution is 7.91. The summed E-state index contributed by atoms with van der Waals surface area (Å²) in [5, 5.41) is 13.4. The topological polar surface area (TPSA) is 146 Å². The Bertz CT molecular complexity index is 1240. The van der Waals surface area contributed by atoms with Crippen LogP contribution in [0.3, 0.4) is 0 Å². The molecule has 0 aliphatic carbocycles. The maximum atomic E-state index is 12.4. The first-order valence-corrected chi connectivity index (χ1v) is 13.7. The number of halogens is 3. The first kappa shape index (κ1) is 31.8. The van der Waals surface area contributed by atoms with Gasteiger partial charge in [-0.1, -0.05) is 24.3 Å². The second-order valence-electron chi connectivity index (χ2n) is 8.82. The van der Waals surface area contributed by atoms with Crippen molar-refractivity contribution in [2.75, 3.05) is 39.1 Å². The second kappa shape index (κ2) is 14.1. The summed E-state index contributed by atoms with van der Waals surface area (Å²) in [4.78, 5) is 31.5. The smallest absolute Gasteiger partial charge is 0.475 e. The van der Waals surface area contributed by atoms with Gasteiger partial charge in [0.25, 0.3) is 0 Å². The highest BCUT2D eigenvalue weighted by atomic mass is 32.2. The quantitative estimate of drug-likeness (QED) is 0.343. The molecule has 0 saturated carbocycles. The molecule has 1 aliphatic rings. The molecule has 39 heavy (non-hydrogen) atoms. The second-order valence-corrected chi connectivity index (χ2v) is 10.8. The fraction of sp³-hybridized carbons (Fsp3) is 0.500. The van der Waals surface area contributed by atoms with E-state index >= 15 is 0 Å². The summed E-state index contributed by atoms with van der Waals surface area (Å²) in [5.74, 6) is -1.30. The van der Waals surface area contributed by atoms with E-state index in [9.17, 15) is 26.4 Å². The van der Waals surface area contributed by atoms with Crippen LogP contribution in [0.15, 0.2) is 40.5 Å². The Hall–Kier alpha value is -3.46. The molecule has 0 atom stereocenters. The molecule has 216 valence electrons. The van der Waals surface area contributed by atoms with Gasteiger partial charge in [0.2, 0.25) is 15.7 Å². The van der Waals surface area contributed by atoms with Crippen LogP contribution in [0.1, 0.15) is 29.8 Å². The van der Waals surface area contributed by atoms with Crippen molar-refractivity contribution < 1.29 is 36.3 Å². The Morgan fingerprint density at radius 2 is 1.87 bits per heavy atom. The molecule has 0 radical (unpaired) electrons. The van der Waals surface area contributed by atoms with Crippen LogP contribution >= 0.6 is 0 Å². The van der Waals surface area contributed by atoms with Crippen LogP contribution < -0.4 is 10.6 Å². The molecule has 0 saturated heterocycles. The molecule has 1 amide bonds. The number of carboxylic acids is 1. The number of rotatable bonds is 11. The SMILES string of the molecule is Cc1nc(S(=O)(=O)CNCCCC(=O)N(C)CCc2ccc(C3=NCCN3)cc2)cn1C.O=C(O)C(F)(F)F. The van der Waals surface area contributed by atoms with Crippen molar-refractivity contribution in [3.05, 3.63) is 47.4 Å². The monoisotopic (exact) mass is 574 g/mol.